The third kappa shape index (κ3) is 2.82. The third-order valence-electron chi connectivity index (χ3n) is 4.03. The highest BCUT2D eigenvalue weighted by atomic mass is 16.6. The van der Waals surface area contributed by atoms with Crippen molar-refractivity contribution in [3.05, 3.63) is 33.9 Å². The van der Waals surface area contributed by atoms with Crippen LogP contribution in [0.4, 0.5) is 5.69 Å². The first-order valence-corrected chi connectivity index (χ1v) is 6.72. The molecule has 2 rings (SSSR count). The number of para-hydroxylation sites is 1. The summed E-state index contributed by atoms with van der Waals surface area (Å²) < 4.78 is 5.71. The molecule has 0 saturated heterocycles. The lowest BCUT2D eigenvalue weighted by Crippen LogP contribution is -2.48. The van der Waals surface area contributed by atoms with Gasteiger partial charge in [-0.3, -0.25) is 14.9 Å². The summed E-state index contributed by atoms with van der Waals surface area (Å²) in [6.07, 6.45) is 0.903. The summed E-state index contributed by atoms with van der Waals surface area (Å²) in [6, 6.07) is 4.88. The molecular weight excluding hydrogens is 276 g/mol. The first-order valence-electron chi connectivity index (χ1n) is 6.72. The number of nitro benzene ring substituents is 1. The Hall–Kier alpha value is -2.15. The van der Waals surface area contributed by atoms with Gasteiger partial charge in [0.25, 0.3) is 0 Å². The molecule has 2 unspecified atom stereocenters. The van der Waals surface area contributed by atoms with Crippen molar-refractivity contribution in [3.8, 4) is 5.75 Å². The normalized spacial score (nSPS) is 24.8. The van der Waals surface area contributed by atoms with Crippen LogP contribution in [0, 0.1) is 17.0 Å². The van der Waals surface area contributed by atoms with Crippen molar-refractivity contribution in [1.82, 2.24) is 5.32 Å². The number of hydrogen-bond acceptors (Lipinski definition) is 5. The van der Waals surface area contributed by atoms with Crippen LogP contribution in [0.3, 0.4) is 0 Å². The fourth-order valence-corrected chi connectivity index (χ4v) is 2.77. The molecule has 0 heterocycles. The van der Waals surface area contributed by atoms with Crippen LogP contribution in [-0.2, 0) is 4.79 Å². The number of carboxylic acid groups (broad SMARTS) is 1. The van der Waals surface area contributed by atoms with Gasteiger partial charge in [-0.15, -0.1) is 0 Å². The number of carboxylic acids is 1. The Labute approximate surface area is 122 Å². The lowest BCUT2D eigenvalue weighted by Gasteiger charge is -2.23. The van der Waals surface area contributed by atoms with Gasteiger partial charge in [-0.1, -0.05) is 12.1 Å². The Kier molecular flexibility index (Phi) is 4.13. The van der Waals surface area contributed by atoms with Gasteiger partial charge in [0.05, 0.1) is 4.92 Å². The Morgan fingerprint density at radius 2 is 2.29 bits per heavy atom. The number of nitrogens with one attached hydrogen (secondary N) is 1. The highest BCUT2D eigenvalue weighted by Crippen LogP contribution is 2.36. The molecule has 2 N–H and O–H groups in total. The molecule has 114 valence electrons. The van der Waals surface area contributed by atoms with Crippen LogP contribution in [0.2, 0.25) is 0 Å². The minimum Gasteiger partial charge on any atom is -0.483 e. The molecule has 0 spiro atoms. The van der Waals surface area contributed by atoms with E-state index in [-0.39, 0.29) is 24.0 Å². The minimum absolute atomic E-state index is 0.0604. The average Bonchev–Trinajstić information content (AvgIpc) is 2.83. The van der Waals surface area contributed by atoms with Crippen molar-refractivity contribution in [2.45, 2.75) is 37.8 Å². The van der Waals surface area contributed by atoms with Gasteiger partial charge in [0.1, 0.15) is 11.6 Å². The Morgan fingerprint density at radius 1 is 1.57 bits per heavy atom. The third-order valence-corrected chi connectivity index (χ3v) is 4.03. The van der Waals surface area contributed by atoms with Crippen molar-refractivity contribution < 1.29 is 19.6 Å². The summed E-state index contributed by atoms with van der Waals surface area (Å²) >= 11 is 0. The maximum atomic E-state index is 11.4. The zero-order valence-corrected chi connectivity index (χ0v) is 12.0. The summed E-state index contributed by atoms with van der Waals surface area (Å²) in [7, 11) is 1.60. The standard InChI is InChI=1S/C14H18N2O5/c1-9-4-3-5-11(12(9)16(19)20)21-10-6-7-14(8-10,15-2)13(17)18/h3-5,10,15H,6-8H2,1-2H3,(H,17,18). The maximum absolute atomic E-state index is 11.4. The van der Waals surface area contributed by atoms with E-state index >= 15 is 0 Å². The van der Waals surface area contributed by atoms with Crippen LogP contribution < -0.4 is 10.1 Å². The number of aliphatic carboxylic acids is 1. The van der Waals surface area contributed by atoms with Gasteiger partial charge in [-0.2, -0.15) is 0 Å². The largest absolute Gasteiger partial charge is 0.483 e. The first-order chi connectivity index (χ1) is 9.89. The van der Waals surface area contributed by atoms with Crippen molar-refractivity contribution in [3.63, 3.8) is 0 Å². The van der Waals surface area contributed by atoms with Gasteiger partial charge >= 0.3 is 11.7 Å². The summed E-state index contributed by atoms with van der Waals surface area (Å²) in [5.41, 5.74) is -0.549. The Balaban J connectivity index is 2.20. The van der Waals surface area contributed by atoms with Gasteiger partial charge in [0.2, 0.25) is 0 Å². The SMILES string of the molecule is CNC1(C(=O)O)CCC(Oc2cccc(C)c2[N+](=O)[O-])C1. The van der Waals surface area contributed by atoms with Crippen LogP contribution in [-0.4, -0.2) is 34.7 Å². The smallest absolute Gasteiger partial charge is 0.324 e. The van der Waals surface area contributed by atoms with Gasteiger partial charge < -0.3 is 15.2 Å². The van der Waals surface area contributed by atoms with E-state index in [0.29, 0.717) is 18.4 Å². The topological polar surface area (TPSA) is 102 Å². The second-order valence-electron chi connectivity index (χ2n) is 5.30. The Bertz CT molecular complexity index is 574. The lowest BCUT2D eigenvalue weighted by molar-refractivity contribution is -0.386. The molecule has 21 heavy (non-hydrogen) atoms. The van der Waals surface area contributed by atoms with E-state index in [9.17, 15) is 20.0 Å². The van der Waals surface area contributed by atoms with E-state index in [2.05, 4.69) is 5.32 Å². The molecule has 1 aromatic rings. The quantitative estimate of drug-likeness (QED) is 0.635. The highest BCUT2D eigenvalue weighted by molar-refractivity contribution is 5.79. The minimum atomic E-state index is -1.01. The number of likely N-dealkylation sites (N-methyl/N-ethyl adjacent to an activating group) is 1. The van der Waals surface area contributed by atoms with E-state index < -0.39 is 16.4 Å². The van der Waals surface area contributed by atoms with Crippen molar-refractivity contribution in [1.29, 1.82) is 0 Å². The molecule has 2 atom stereocenters. The second kappa shape index (κ2) is 5.69. The van der Waals surface area contributed by atoms with E-state index in [1.807, 2.05) is 0 Å². The molecule has 0 aromatic heterocycles. The zero-order valence-electron chi connectivity index (χ0n) is 12.0. The molecule has 7 nitrogen and oxygen atoms in total. The first kappa shape index (κ1) is 15.2. The molecule has 0 radical (unpaired) electrons. The number of nitrogens with zero attached hydrogens (tertiary/aromatic N) is 1. The highest BCUT2D eigenvalue weighted by Gasteiger charge is 2.45. The molecule has 1 fully saturated rings. The fourth-order valence-electron chi connectivity index (χ4n) is 2.77. The van der Waals surface area contributed by atoms with E-state index in [1.54, 1.807) is 32.2 Å². The maximum Gasteiger partial charge on any atom is 0.324 e. The molecule has 0 amide bonds. The number of benzene rings is 1. The van der Waals surface area contributed by atoms with Gasteiger partial charge in [-0.25, -0.2) is 0 Å². The molecular formula is C14H18N2O5. The monoisotopic (exact) mass is 294 g/mol. The molecule has 0 bridgehead atoms. The molecule has 1 aliphatic rings. The molecule has 1 aromatic carbocycles. The Morgan fingerprint density at radius 3 is 2.81 bits per heavy atom. The van der Waals surface area contributed by atoms with Crippen molar-refractivity contribution in [2.75, 3.05) is 7.05 Å². The van der Waals surface area contributed by atoms with Crippen LogP contribution in [0.5, 0.6) is 5.75 Å². The van der Waals surface area contributed by atoms with E-state index in [0.717, 1.165) is 0 Å². The van der Waals surface area contributed by atoms with Crippen molar-refractivity contribution in [2.24, 2.45) is 0 Å². The van der Waals surface area contributed by atoms with E-state index in [1.165, 1.54) is 0 Å². The predicted octanol–water partition coefficient (Wildman–Crippen LogP) is 1.88. The number of hydrogen-bond donors (Lipinski definition) is 2. The number of nitro groups is 1. The molecule has 1 saturated carbocycles. The second-order valence-corrected chi connectivity index (χ2v) is 5.30. The predicted molar refractivity (Wildman–Crippen MR) is 75.5 cm³/mol. The van der Waals surface area contributed by atoms with Crippen LogP contribution in [0.15, 0.2) is 18.2 Å². The summed E-state index contributed by atoms with van der Waals surface area (Å²) in [6.45, 7) is 1.65. The fraction of sp³-hybridized carbons (Fsp3) is 0.500. The lowest BCUT2D eigenvalue weighted by atomic mass is 9.98. The van der Waals surface area contributed by atoms with Crippen LogP contribution in [0.1, 0.15) is 24.8 Å². The number of ether oxygens (including phenoxy) is 1. The molecule has 7 heteroatoms. The van der Waals surface area contributed by atoms with Gasteiger partial charge in [0, 0.05) is 12.0 Å². The van der Waals surface area contributed by atoms with Crippen LogP contribution >= 0.6 is 0 Å². The number of aryl methyl sites for hydroxylation is 1. The molecule has 1 aliphatic carbocycles. The van der Waals surface area contributed by atoms with Crippen LogP contribution in [0.25, 0.3) is 0 Å². The van der Waals surface area contributed by atoms with Gasteiger partial charge in [-0.05, 0) is 32.9 Å². The zero-order chi connectivity index (χ0) is 15.6. The number of carbonyl (C=O) groups is 1. The van der Waals surface area contributed by atoms with E-state index in [4.69, 9.17) is 4.74 Å². The van der Waals surface area contributed by atoms with Gasteiger partial charge in [0.15, 0.2) is 5.75 Å². The average molecular weight is 294 g/mol. The molecule has 0 aliphatic heterocycles. The summed E-state index contributed by atoms with van der Waals surface area (Å²) in [5.74, 6) is -0.725. The van der Waals surface area contributed by atoms with Crippen molar-refractivity contribution >= 4 is 11.7 Å². The summed E-state index contributed by atoms with van der Waals surface area (Å²) in [5, 5.41) is 23.3. The summed E-state index contributed by atoms with van der Waals surface area (Å²) in [4.78, 5) is 22.0. The number of rotatable bonds is 5.